The number of hydrogen-bond acceptors (Lipinski definition) is 6. The fraction of sp³-hybridized carbons (Fsp3) is 0.379. The van der Waals surface area contributed by atoms with Crippen molar-refractivity contribution in [3.05, 3.63) is 53.9 Å². The lowest BCUT2D eigenvalue weighted by Crippen LogP contribution is -2.36. The number of Topliss-reactive ketones (excluding diaryl/α,β-unsaturated/α-hetero) is 2. The summed E-state index contributed by atoms with van der Waals surface area (Å²) in [5, 5.41) is 0.668. The molecular formula is C29H30FN5O3. The van der Waals surface area contributed by atoms with Crippen molar-refractivity contribution in [1.29, 1.82) is 0 Å². The molecule has 1 saturated heterocycles. The molecule has 1 saturated carbocycles. The van der Waals surface area contributed by atoms with Crippen molar-refractivity contribution in [1.82, 2.24) is 19.5 Å². The maximum absolute atomic E-state index is 16.1. The summed E-state index contributed by atoms with van der Waals surface area (Å²) in [4.78, 5) is 39.9. The quantitative estimate of drug-likeness (QED) is 0.342. The number of carbonyl (C=O) groups excluding carboxylic acids is 2. The van der Waals surface area contributed by atoms with Gasteiger partial charge in [0.2, 0.25) is 0 Å². The number of ether oxygens (including phenoxy) is 1. The number of H-pyrrole nitrogens is 1. The van der Waals surface area contributed by atoms with E-state index in [9.17, 15) is 9.59 Å². The maximum Gasteiger partial charge on any atom is 0.164 e. The Morgan fingerprint density at radius 2 is 1.95 bits per heavy atom. The van der Waals surface area contributed by atoms with E-state index >= 15 is 4.39 Å². The van der Waals surface area contributed by atoms with E-state index < -0.39 is 5.82 Å². The standard InChI is InChI=1S/C29H30FN5O3/c1-3-25(36)20-16-32-23(15-26(37)17-4-5-17)28-19(20)14-22(33-28)27-21(30)12-18(29-31-6-7-34(29)2)13-24(27)35-8-10-38-11-9-35/h6-7,12-14,16-17,33H,3-5,8-11,15H2,1-2H3. The van der Waals surface area contributed by atoms with Gasteiger partial charge in [0.05, 0.1) is 42.1 Å². The lowest BCUT2D eigenvalue weighted by Gasteiger charge is -2.31. The molecule has 38 heavy (non-hydrogen) atoms. The molecule has 6 rings (SSSR count). The maximum atomic E-state index is 16.1. The molecule has 1 aliphatic carbocycles. The molecule has 3 aromatic heterocycles. The van der Waals surface area contributed by atoms with Gasteiger partial charge in [-0.15, -0.1) is 0 Å². The van der Waals surface area contributed by atoms with Crippen LogP contribution in [0.5, 0.6) is 0 Å². The molecule has 0 bridgehead atoms. The Kier molecular flexibility index (Phi) is 6.31. The Morgan fingerprint density at radius 1 is 1.16 bits per heavy atom. The van der Waals surface area contributed by atoms with Crippen molar-refractivity contribution >= 4 is 28.2 Å². The van der Waals surface area contributed by atoms with Gasteiger partial charge in [0, 0.05) is 73.3 Å². The van der Waals surface area contributed by atoms with Gasteiger partial charge in [-0.05, 0) is 31.0 Å². The number of aromatic amines is 1. The molecule has 1 aromatic carbocycles. The highest BCUT2D eigenvalue weighted by Gasteiger charge is 2.31. The van der Waals surface area contributed by atoms with Gasteiger partial charge in [-0.25, -0.2) is 9.37 Å². The number of nitrogens with one attached hydrogen (secondary N) is 1. The van der Waals surface area contributed by atoms with E-state index in [1.165, 1.54) is 6.07 Å². The minimum absolute atomic E-state index is 0.0490. The SMILES string of the molecule is CCC(=O)c1cnc(CC(=O)C2CC2)c2[nH]c(-c3c(F)cc(-c4nccn4C)cc3N3CCOCC3)cc12. The molecule has 0 atom stereocenters. The summed E-state index contributed by atoms with van der Waals surface area (Å²) in [7, 11) is 1.88. The predicted molar refractivity (Wildman–Crippen MR) is 143 cm³/mol. The van der Waals surface area contributed by atoms with Crippen molar-refractivity contribution in [3.63, 3.8) is 0 Å². The number of anilines is 1. The van der Waals surface area contributed by atoms with E-state index in [0.29, 0.717) is 77.5 Å². The van der Waals surface area contributed by atoms with Gasteiger partial charge in [-0.3, -0.25) is 14.6 Å². The van der Waals surface area contributed by atoms with Crippen LogP contribution in [-0.4, -0.2) is 57.4 Å². The number of nitrogens with zero attached hydrogens (tertiary/aromatic N) is 4. The van der Waals surface area contributed by atoms with Crippen LogP contribution in [0.15, 0.2) is 36.8 Å². The number of halogens is 1. The Bertz CT molecular complexity index is 1550. The van der Waals surface area contributed by atoms with Gasteiger partial charge in [0.25, 0.3) is 0 Å². The van der Waals surface area contributed by atoms with Crippen LogP contribution in [0, 0.1) is 11.7 Å². The third-order valence-corrected chi connectivity index (χ3v) is 7.51. The third kappa shape index (κ3) is 4.41. The number of morpholine rings is 1. The first-order chi connectivity index (χ1) is 18.4. The molecule has 9 heteroatoms. The first-order valence-electron chi connectivity index (χ1n) is 13.2. The highest BCUT2D eigenvalue weighted by atomic mass is 19.1. The molecule has 2 fully saturated rings. The van der Waals surface area contributed by atoms with Gasteiger partial charge in [0.15, 0.2) is 5.78 Å². The van der Waals surface area contributed by atoms with Crippen molar-refractivity contribution < 1.29 is 18.7 Å². The number of carbonyl (C=O) groups is 2. The zero-order valence-electron chi connectivity index (χ0n) is 21.6. The zero-order chi connectivity index (χ0) is 26.4. The topological polar surface area (TPSA) is 93.1 Å². The van der Waals surface area contributed by atoms with Crippen molar-refractivity contribution in [2.45, 2.75) is 32.6 Å². The largest absolute Gasteiger partial charge is 0.378 e. The number of benzene rings is 1. The number of aryl methyl sites for hydroxylation is 1. The summed E-state index contributed by atoms with van der Waals surface area (Å²) >= 11 is 0. The smallest absolute Gasteiger partial charge is 0.164 e. The van der Waals surface area contributed by atoms with Crippen LogP contribution in [0.25, 0.3) is 33.5 Å². The predicted octanol–water partition coefficient (Wildman–Crippen LogP) is 4.72. The summed E-state index contributed by atoms with van der Waals surface area (Å²) in [5.74, 6) is 0.478. The Balaban J connectivity index is 1.53. The molecule has 8 nitrogen and oxygen atoms in total. The summed E-state index contributed by atoms with van der Waals surface area (Å²) in [6, 6.07) is 5.29. The van der Waals surface area contributed by atoms with Crippen LogP contribution in [0.3, 0.4) is 0 Å². The van der Waals surface area contributed by atoms with Crippen LogP contribution >= 0.6 is 0 Å². The Labute approximate surface area is 219 Å². The molecule has 2 aliphatic rings. The van der Waals surface area contributed by atoms with Crippen LogP contribution < -0.4 is 4.90 Å². The van der Waals surface area contributed by atoms with Gasteiger partial charge in [0.1, 0.15) is 17.4 Å². The number of rotatable bonds is 8. The molecular weight excluding hydrogens is 485 g/mol. The van der Waals surface area contributed by atoms with E-state index in [1.54, 1.807) is 19.3 Å². The highest BCUT2D eigenvalue weighted by molar-refractivity contribution is 6.09. The summed E-state index contributed by atoms with van der Waals surface area (Å²) in [5.41, 5.74) is 4.05. The second kappa shape index (κ2) is 9.79. The molecule has 0 spiro atoms. The number of hydrogen-bond donors (Lipinski definition) is 1. The average molecular weight is 516 g/mol. The first-order valence-corrected chi connectivity index (χ1v) is 13.2. The molecule has 1 aliphatic heterocycles. The molecule has 0 radical (unpaired) electrons. The minimum atomic E-state index is -0.398. The number of ketones is 2. The summed E-state index contributed by atoms with van der Waals surface area (Å²) in [6.45, 7) is 4.15. The van der Waals surface area contributed by atoms with E-state index in [-0.39, 0.29) is 23.9 Å². The van der Waals surface area contributed by atoms with Gasteiger partial charge in [-0.1, -0.05) is 6.92 Å². The monoisotopic (exact) mass is 515 g/mol. The highest BCUT2D eigenvalue weighted by Crippen LogP contribution is 2.40. The molecule has 4 aromatic rings. The second-order valence-corrected chi connectivity index (χ2v) is 10.1. The van der Waals surface area contributed by atoms with Gasteiger partial charge in [-0.2, -0.15) is 0 Å². The minimum Gasteiger partial charge on any atom is -0.378 e. The molecule has 1 N–H and O–H groups in total. The third-order valence-electron chi connectivity index (χ3n) is 7.51. The average Bonchev–Trinajstić information content (AvgIpc) is 3.55. The van der Waals surface area contributed by atoms with Crippen LogP contribution in [-0.2, 0) is 23.0 Å². The molecule has 196 valence electrons. The lowest BCUT2D eigenvalue weighted by molar-refractivity contribution is -0.119. The van der Waals surface area contributed by atoms with Crippen LogP contribution in [0.4, 0.5) is 10.1 Å². The number of imidazole rings is 1. The van der Waals surface area contributed by atoms with E-state index in [1.807, 2.05) is 29.9 Å². The molecule has 0 unspecified atom stereocenters. The molecule has 0 amide bonds. The summed E-state index contributed by atoms with van der Waals surface area (Å²) in [6.07, 6.45) is 7.43. The Hall–Kier alpha value is -3.85. The van der Waals surface area contributed by atoms with Crippen LogP contribution in [0.1, 0.15) is 42.2 Å². The second-order valence-electron chi connectivity index (χ2n) is 10.1. The van der Waals surface area contributed by atoms with Crippen molar-refractivity contribution in [2.24, 2.45) is 13.0 Å². The summed E-state index contributed by atoms with van der Waals surface area (Å²) < 4.78 is 23.5. The fourth-order valence-corrected chi connectivity index (χ4v) is 5.25. The van der Waals surface area contributed by atoms with Crippen LogP contribution in [0.2, 0.25) is 0 Å². The lowest BCUT2D eigenvalue weighted by atomic mass is 10.0. The van der Waals surface area contributed by atoms with E-state index in [2.05, 4.69) is 19.9 Å². The number of aromatic nitrogens is 4. The number of pyridine rings is 1. The first kappa shape index (κ1) is 24.5. The van der Waals surface area contributed by atoms with E-state index in [4.69, 9.17) is 4.74 Å². The van der Waals surface area contributed by atoms with Crippen molar-refractivity contribution in [2.75, 3.05) is 31.2 Å². The van der Waals surface area contributed by atoms with Gasteiger partial charge >= 0.3 is 0 Å². The number of fused-ring (bicyclic) bond motifs is 1. The van der Waals surface area contributed by atoms with Crippen molar-refractivity contribution in [3.8, 4) is 22.6 Å². The van der Waals surface area contributed by atoms with Gasteiger partial charge < -0.3 is 19.2 Å². The fourth-order valence-electron chi connectivity index (χ4n) is 5.25. The zero-order valence-corrected chi connectivity index (χ0v) is 21.6. The molecule has 4 heterocycles. The normalized spacial score (nSPS) is 15.8. The Morgan fingerprint density at radius 3 is 2.63 bits per heavy atom. The van der Waals surface area contributed by atoms with E-state index in [0.717, 1.165) is 18.5 Å².